The molecule has 3 nitrogen and oxygen atoms in total. The zero-order valence-corrected chi connectivity index (χ0v) is 11.2. The summed E-state index contributed by atoms with van der Waals surface area (Å²) in [7, 11) is 0. The van der Waals surface area contributed by atoms with E-state index in [0.29, 0.717) is 5.56 Å². The van der Waals surface area contributed by atoms with Gasteiger partial charge in [0.25, 0.3) is 0 Å². The smallest absolute Gasteiger partial charge is 0.338 e. The Labute approximate surface area is 107 Å². The van der Waals surface area contributed by atoms with Gasteiger partial charge in [-0.1, -0.05) is 6.07 Å². The molecule has 0 unspecified atom stereocenters. The van der Waals surface area contributed by atoms with Crippen LogP contribution in [0.1, 0.15) is 35.5 Å². The van der Waals surface area contributed by atoms with E-state index in [1.54, 1.807) is 12.1 Å². The Morgan fingerprint density at radius 2 is 1.94 bits per heavy atom. The lowest BCUT2D eigenvalue weighted by Crippen LogP contribution is -2.11. The number of aryl methyl sites for hydroxylation is 2. The second kappa shape index (κ2) is 4.77. The number of aromatic nitrogens is 1. The van der Waals surface area contributed by atoms with Crippen LogP contribution in [0.2, 0.25) is 0 Å². The van der Waals surface area contributed by atoms with E-state index in [9.17, 15) is 4.79 Å². The van der Waals surface area contributed by atoms with Crippen LogP contribution in [0.4, 0.5) is 0 Å². The van der Waals surface area contributed by atoms with Crippen LogP contribution in [0.5, 0.6) is 0 Å². The Bertz CT molecular complexity index is 603. The summed E-state index contributed by atoms with van der Waals surface area (Å²) >= 11 is 0. The van der Waals surface area contributed by atoms with Crippen molar-refractivity contribution in [1.29, 1.82) is 0 Å². The summed E-state index contributed by atoms with van der Waals surface area (Å²) in [5.74, 6) is -0.298. The number of hydrogen-bond donors (Lipinski definition) is 0. The quantitative estimate of drug-likeness (QED) is 0.759. The van der Waals surface area contributed by atoms with E-state index in [0.717, 1.165) is 16.6 Å². The Morgan fingerprint density at radius 1 is 1.22 bits per heavy atom. The number of fused-ring (bicyclic) bond motifs is 1. The first-order chi connectivity index (χ1) is 8.47. The molecule has 0 atom stereocenters. The van der Waals surface area contributed by atoms with Crippen LogP contribution in [0.3, 0.4) is 0 Å². The monoisotopic (exact) mass is 243 g/mol. The van der Waals surface area contributed by atoms with Gasteiger partial charge in [0.15, 0.2) is 0 Å². The van der Waals surface area contributed by atoms with Crippen molar-refractivity contribution in [1.82, 2.24) is 4.98 Å². The summed E-state index contributed by atoms with van der Waals surface area (Å²) < 4.78 is 5.18. The lowest BCUT2D eigenvalue weighted by Gasteiger charge is -2.09. The first-order valence-electron chi connectivity index (χ1n) is 6.06. The van der Waals surface area contributed by atoms with E-state index < -0.39 is 0 Å². The predicted molar refractivity (Wildman–Crippen MR) is 71.8 cm³/mol. The largest absolute Gasteiger partial charge is 0.459 e. The lowest BCUT2D eigenvalue weighted by atomic mass is 10.1. The molecule has 0 radical (unpaired) electrons. The van der Waals surface area contributed by atoms with Crippen LogP contribution < -0.4 is 0 Å². The molecule has 0 aliphatic carbocycles. The molecule has 0 spiro atoms. The molecule has 3 heteroatoms. The molecule has 1 aromatic heterocycles. The molecule has 0 N–H and O–H groups in total. The van der Waals surface area contributed by atoms with E-state index in [1.807, 2.05) is 39.8 Å². The van der Waals surface area contributed by atoms with Crippen molar-refractivity contribution in [3.8, 4) is 0 Å². The fourth-order valence-electron chi connectivity index (χ4n) is 1.98. The average Bonchev–Trinajstić information content (AvgIpc) is 2.26. The highest BCUT2D eigenvalue weighted by Crippen LogP contribution is 2.19. The number of carbonyl (C=O) groups is 1. The third-order valence-electron chi connectivity index (χ3n) is 2.72. The van der Waals surface area contributed by atoms with Gasteiger partial charge in [0, 0.05) is 11.1 Å². The lowest BCUT2D eigenvalue weighted by molar-refractivity contribution is 0.0378. The van der Waals surface area contributed by atoms with E-state index >= 15 is 0 Å². The molecule has 1 heterocycles. The molecule has 0 aliphatic rings. The normalized spacial score (nSPS) is 10.9. The molecule has 2 aromatic rings. The molecular weight excluding hydrogens is 226 g/mol. The Hall–Kier alpha value is -1.90. The summed E-state index contributed by atoms with van der Waals surface area (Å²) in [6, 6.07) is 7.54. The first kappa shape index (κ1) is 12.6. The second-order valence-corrected chi connectivity index (χ2v) is 4.77. The Morgan fingerprint density at radius 3 is 2.61 bits per heavy atom. The predicted octanol–water partition coefficient (Wildman–Crippen LogP) is 3.42. The van der Waals surface area contributed by atoms with Gasteiger partial charge in [-0.3, -0.25) is 4.98 Å². The average molecular weight is 243 g/mol. The minimum absolute atomic E-state index is 0.111. The molecule has 2 rings (SSSR count). The summed E-state index contributed by atoms with van der Waals surface area (Å²) in [5.41, 5.74) is 3.51. The maximum atomic E-state index is 11.8. The van der Waals surface area contributed by atoms with Crippen molar-refractivity contribution in [2.75, 3.05) is 0 Å². The maximum Gasteiger partial charge on any atom is 0.338 e. The molecule has 0 bridgehead atoms. The number of rotatable bonds is 2. The highest BCUT2D eigenvalue weighted by Gasteiger charge is 2.11. The van der Waals surface area contributed by atoms with Crippen molar-refractivity contribution in [2.45, 2.75) is 33.8 Å². The summed E-state index contributed by atoms with van der Waals surface area (Å²) in [5, 5.41) is 1.07. The van der Waals surface area contributed by atoms with Gasteiger partial charge >= 0.3 is 5.97 Å². The van der Waals surface area contributed by atoms with Crippen LogP contribution in [0, 0.1) is 13.8 Å². The van der Waals surface area contributed by atoms with Gasteiger partial charge in [-0.2, -0.15) is 0 Å². The van der Waals surface area contributed by atoms with Gasteiger partial charge in [-0.25, -0.2) is 4.79 Å². The molecule has 0 saturated heterocycles. The minimum Gasteiger partial charge on any atom is -0.459 e. The van der Waals surface area contributed by atoms with Crippen molar-refractivity contribution in [2.24, 2.45) is 0 Å². The van der Waals surface area contributed by atoms with Crippen LogP contribution in [-0.2, 0) is 4.74 Å². The number of nitrogens with zero attached hydrogens (tertiary/aromatic N) is 1. The molecular formula is C15H17NO2. The number of hydrogen-bond acceptors (Lipinski definition) is 3. The van der Waals surface area contributed by atoms with E-state index in [1.165, 1.54) is 5.56 Å². The third kappa shape index (κ3) is 2.50. The molecule has 0 fully saturated rings. The Balaban J connectivity index is 2.47. The first-order valence-corrected chi connectivity index (χ1v) is 6.06. The molecule has 94 valence electrons. The van der Waals surface area contributed by atoms with Gasteiger partial charge in [0.2, 0.25) is 0 Å². The molecule has 0 aliphatic heterocycles. The van der Waals surface area contributed by atoms with E-state index in [-0.39, 0.29) is 12.1 Å². The number of ether oxygens (including phenoxy) is 1. The highest BCUT2D eigenvalue weighted by atomic mass is 16.5. The molecule has 1 aromatic carbocycles. The van der Waals surface area contributed by atoms with Gasteiger partial charge in [0.05, 0.1) is 17.2 Å². The van der Waals surface area contributed by atoms with Gasteiger partial charge < -0.3 is 4.74 Å². The number of benzene rings is 1. The highest BCUT2D eigenvalue weighted by molar-refractivity contribution is 5.95. The minimum atomic E-state index is -0.298. The third-order valence-corrected chi connectivity index (χ3v) is 2.72. The van der Waals surface area contributed by atoms with Crippen molar-refractivity contribution < 1.29 is 9.53 Å². The standard InChI is InChI=1S/C15H17NO2/c1-9(2)18-15(17)12-5-6-13-10(3)7-11(4)16-14(13)8-12/h5-9H,1-4H3. The number of pyridine rings is 1. The zero-order valence-electron chi connectivity index (χ0n) is 11.2. The fraction of sp³-hybridized carbons (Fsp3) is 0.333. The summed E-state index contributed by atoms with van der Waals surface area (Å²) in [4.78, 5) is 16.3. The van der Waals surface area contributed by atoms with Crippen molar-refractivity contribution in [3.05, 3.63) is 41.1 Å². The van der Waals surface area contributed by atoms with Crippen molar-refractivity contribution in [3.63, 3.8) is 0 Å². The topological polar surface area (TPSA) is 39.2 Å². The van der Waals surface area contributed by atoms with Gasteiger partial charge in [-0.15, -0.1) is 0 Å². The summed E-state index contributed by atoms with van der Waals surface area (Å²) in [6.45, 7) is 7.67. The van der Waals surface area contributed by atoms with E-state index in [4.69, 9.17) is 4.74 Å². The fourth-order valence-corrected chi connectivity index (χ4v) is 1.98. The van der Waals surface area contributed by atoms with Crippen molar-refractivity contribution >= 4 is 16.9 Å². The second-order valence-electron chi connectivity index (χ2n) is 4.77. The van der Waals surface area contributed by atoms with Crippen LogP contribution in [-0.4, -0.2) is 17.1 Å². The molecule has 18 heavy (non-hydrogen) atoms. The van der Waals surface area contributed by atoms with E-state index in [2.05, 4.69) is 4.98 Å². The van der Waals surface area contributed by atoms with Crippen LogP contribution >= 0.6 is 0 Å². The number of carbonyl (C=O) groups excluding carboxylic acids is 1. The summed E-state index contributed by atoms with van der Waals surface area (Å²) in [6.07, 6.45) is -0.111. The maximum absolute atomic E-state index is 11.8. The molecule has 0 amide bonds. The van der Waals surface area contributed by atoms with Gasteiger partial charge in [0.1, 0.15) is 0 Å². The van der Waals surface area contributed by atoms with Crippen LogP contribution in [0.15, 0.2) is 24.3 Å². The molecule has 0 saturated carbocycles. The SMILES string of the molecule is Cc1cc(C)c2ccc(C(=O)OC(C)C)cc2n1. The Kier molecular flexibility index (Phi) is 3.32. The zero-order chi connectivity index (χ0) is 13.3. The van der Waals surface area contributed by atoms with Gasteiger partial charge in [-0.05, 0) is 51.5 Å². The van der Waals surface area contributed by atoms with Crippen LogP contribution in [0.25, 0.3) is 10.9 Å². The number of esters is 1.